The Balaban J connectivity index is 3.94. The second-order valence-corrected chi connectivity index (χ2v) is 7.49. The highest BCUT2D eigenvalue weighted by atomic mass is 127. The van der Waals surface area contributed by atoms with Crippen LogP contribution in [-0.4, -0.2) is 0 Å². The average Bonchev–Trinajstić information content (AvgIpc) is 2.22. The molecule has 0 aliphatic rings. The Morgan fingerprint density at radius 2 is 1.72 bits per heavy atom. The van der Waals surface area contributed by atoms with Crippen LogP contribution in [0.3, 0.4) is 0 Å². The number of allylic oxidation sites excluding steroid dienone is 4. The Hall–Kier alpha value is 0.210. The predicted molar refractivity (Wildman–Crippen MR) is 93.2 cm³/mol. The van der Waals surface area contributed by atoms with Crippen molar-refractivity contribution in [3.63, 3.8) is 0 Å². The van der Waals surface area contributed by atoms with Crippen LogP contribution in [0.15, 0.2) is 21.3 Å². The molecule has 0 spiro atoms. The molecule has 1 heteroatoms. The molecule has 0 rings (SSSR count). The highest BCUT2D eigenvalue weighted by Gasteiger charge is 2.04. The van der Waals surface area contributed by atoms with Gasteiger partial charge >= 0.3 is 0 Å². The molecule has 0 fully saturated rings. The first-order valence-electron chi connectivity index (χ1n) is 7.46. The molecule has 0 aromatic heterocycles. The molecule has 0 saturated carbocycles. The molecule has 0 bridgehead atoms. The van der Waals surface area contributed by atoms with Crippen LogP contribution in [0.25, 0.3) is 0 Å². The summed E-state index contributed by atoms with van der Waals surface area (Å²) in [5.74, 6) is 1.42. The molecule has 0 aliphatic heterocycles. The summed E-state index contributed by atoms with van der Waals surface area (Å²) in [6.45, 7) is 11.4. The predicted octanol–water partition coefficient (Wildman–Crippen LogP) is 6.90. The average molecular weight is 362 g/mol. The molecule has 2 atom stereocenters. The number of hydrogen-bond donors (Lipinski definition) is 0. The van der Waals surface area contributed by atoms with Crippen molar-refractivity contribution in [2.24, 2.45) is 11.8 Å². The molecule has 0 aromatic rings. The van der Waals surface area contributed by atoms with Crippen LogP contribution in [0.2, 0.25) is 0 Å². The van der Waals surface area contributed by atoms with E-state index in [-0.39, 0.29) is 0 Å². The standard InChI is InChI=1S/C17H31I/c1-6-7-8-9-10-14(2)11-15(3)12-16(4)13-17(5)18/h12-14,16H,6-11H2,1-5H3/b15-12+,17-13+/t14-,16+/m1/s1. The molecule has 0 saturated heterocycles. The summed E-state index contributed by atoms with van der Waals surface area (Å²) in [4.78, 5) is 0. The lowest BCUT2D eigenvalue weighted by molar-refractivity contribution is 0.485. The van der Waals surface area contributed by atoms with E-state index in [0.29, 0.717) is 5.92 Å². The summed E-state index contributed by atoms with van der Waals surface area (Å²) in [6.07, 6.45) is 13.0. The second kappa shape index (κ2) is 11.1. The van der Waals surface area contributed by atoms with Crippen molar-refractivity contribution in [3.05, 3.63) is 21.3 Å². The van der Waals surface area contributed by atoms with Gasteiger partial charge in [-0.1, -0.05) is 70.6 Å². The first-order valence-corrected chi connectivity index (χ1v) is 8.54. The molecule has 106 valence electrons. The lowest BCUT2D eigenvalue weighted by atomic mass is 9.94. The van der Waals surface area contributed by atoms with Gasteiger partial charge in [0, 0.05) is 0 Å². The van der Waals surface area contributed by atoms with Crippen LogP contribution < -0.4 is 0 Å². The summed E-state index contributed by atoms with van der Waals surface area (Å²) in [6, 6.07) is 0. The fraction of sp³-hybridized carbons (Fsp3) is 0.765. The van der Waals surface area contributed by atoms with Crippen LogP contribution in [0.4, 0.5) is 0 Å². The van der Waals surface area contributed by atoms with Crippen LogP contribution in [0, 0.1) is 11.8 Å². The van der Waals surface area contributed by atoms with Crippen LogP contribution in [0.1, 0.15) is 73.1 Å². The lowest BCUT2D eigenvalue weighted by Crippen LogP contribution is -1.97. The molecule has 0 aliphatic carbocycles. The van der Waals surface area contributed by atoms with Crippen molar-refractivity contribution >= 4 is 22.6 Å². The normalized spacial score (nSPS) is 16.8. The van der Waals surface area contributed by atoms with Gasteiger partial charge in [0.05, 0.1) is 0 Å². The lowest BCUT2D eigenvalue weighted by Gasteiger charge is -2.12. The third-order valence-electron chi connectivity index (χ3n) is 3.26. The highest BCUT2D eigenvalue weighted by Crippen LogP contribution is 2.20. The van der Waals surface area contributed by atoms with Crippen LogP contribution in [-0.2, 0) is 0 Å². The van der Waals surface area contributed by atoms with Gasteiger partial charge in [-0.05, 0) is 58.3 Å². The Bertz CT molecular complexity index is 259. The first kappa shape index (κ1) is 18.2. The zero-order valence-electron chi connectivity index (χ0n) is 12.9. The maximum Gasteiger partial charge on any atom is -0.00691 e. The maximum atomic E-state index is 2.42. The second-order valence-electron chi connectivity index (χ2n) is 5.78. The number of unbranched alkanes of at least 4 members (excludes halogenated alkanes) is 3. The third kappa shape index (κ3) is 11.3. The summed E-state index contributed by atoms with van der Waals surface area (Å²) >= 11 is 2.39. The van der Waals surface area contributed by atoms with Gasteiger partial charge in [0.25, 0.3) is 0 Å². The van der Waals surface area contributed by atoms with Crippen molar-refractivity contribution in [2.75, 3.05) is 0 Å². The molecule has 0 amide bonds. The Labute approximate surface area is 128 Å². The van der Waals surface area contributed by atoms with Gasteiger partial charge in [-0.3, -0.25) is 0 Å². The fourth-order valence-corrected chi connectivity index (χ4v) is 3.07. The minimum Gasteiger partial charge on any atom is -0.0789 e. The monoisotopic (exact) mass is 362 g/mol. The van der Waals surface area contributed by atoms with Gasteiger partial charge in [-0.25, -0.2) is 0 Å². The van der Waals surface area contributed by atoms with E-state index in [1.54, 1.807) is 5.57 Å². The van der Waals surface area contributed by atoms with E-state index in [9.17, 15) is 0 Å². The van der Waals surface area contributed by atoms with Gasteiger partial charge in [-0.15, -0.1) is 0 Å². The summed E-state index contributed by atoms with van der Waals surface area (Å²) < 4.78 is 1.39. The summed E-state index contributed by atoms with van der Waals surface area (Å²) in [5.41, 5.74) is 1.55. The van der Waals surface area contributed by atoms with Gasteiger partial charge in [0.2, 0.25) is 0 Å². The van der Waals surface area contributed by atoms with Gasteiger partial charge in [0.15, 0.2) is 0 Å². The molecular formula is C17H31I. The van der Waals surface area contributed by atoms with Crippen molar-refractivity contribution < 1.29 is 0 Å². The fourth-order valence-electron chi connectivity index (χ4n) is 2.50. The molecule has 0 N–H and O–H groups in total. The van der Waals surface area contributed by atoms with Crippen molar-refractivity contribution in [1.82, 2.24) is 0 Å². The topological polar surface area (TPSA) is 0 Å². The van der Waals surface area contributed by atoms with E-state index in [2.05, 4.69) is 69.4 Å². The van der Waals surface area contributed by atoms with Crippen molar-refractivity contribution in [2.45, 2.75) is 73.1 Å². The highest BCUT2D eigenvalue weighted by molar-refractivity contribution is 14.1. The quantitative estimate of drug-likeness (QED) is 0.238. The molecule has 0 heterocycles. The zero-order valence-corrected chi connectivity index (χ0v) is 15.1. The largest absolute Gasteiger partial charge is 0.0789 e. The molecular weight excluding hydrogens is 331 g/mol. The van der Waals surface area contributed by atoms with E-state index in [0.717, 1.165) is 5.92 Å². The number of hydrogen-bond acceptors (Lipinski definition) is 0. The van der Waals surface area contributed by atoms with E-state index in [1.165, 1.54) is 42.1 Å². The van der Waals surface area contributed by atoms with Gasteiger partial charge in [-0.2, -0.15) is 0 Å². The SMILES string of the molecule is CCCCCC[C@@H](C)C/C(C)=C/[C@H](C)/C=C(\C)I. The van der Waals surface area contributed by atoms with E-state index in [1.807, 2.05) is 0 Å². The van der Waals surface area contributed by atoms with Crippen molar-refractivity contribution in [1.29, 1.82) is 0 Å². The molecule has 18 heavy (non-hydrogen) atoms. The summed E-state index contributed by atoms with van der Waals surface area (Å²) in [5, 5.41) is 0. The summed E-state index contributed by atoms with van der Waals surface area (Å²) in [7, 11) is 0. The first-order chi connectivity index (χ1) is 8.45. The number of halogens is 1. The molecule has 0 aromatic carbocycles. The Kier molecular flexibility index (Phi) is 11.2. The zero-order chi connectivity index (χ0) is 14.0. The molecule has 0 nitrogen and oxygen atoms in total. The smallest absolute Gasteiger partial charge is 0.00691 e. The maximum absolute atomic E-state index is 2.42. The van der Waals surface area contributed by atoms with Crippen LogP contribution in [0.5, 0.6) is 0 Å². The van der Waals surface area contributed by atoms with E-state index < -0.39 is 0 Å². The Morgan fingerprint density at radius 3 is 2.28 bits per heavy atom. The number of rotatable bonds is 9. The minimum absolute atomic E-state index is 0.578. The van der Waals surface area contributed by atoms with Crippen LogP contribution >= 0.6 is 22.6 Å². The third-order valence-corrected chi connectivity index (χ3v) is 3.62. The van der Waals surface area contributed by atoms with Gasteiger partial charge in [0.1, 0.15) is 0 Å². The Morgan fingerprint density at radius 1 is 1.06 bits per heavy atom. The molecule has 0 radical (unpaired) electrons. The van der Waals surface area contributed by atoms with Crippen molar-refractivity contribution in [3.8, 4) is 0 Å². The van der Waals surface area contributed by atoms with E-state index >= 15 is 0 Å². The van der Waals surface area contributed by atoms with E-state index in [4.69, 9.17) is 0 Å². The molecule has 0 unspecified atom stereocenters. The van der Waals surface area contributed by atoms with Gasteiger partial charge < -0.3 is 0 Å². The minimum atomic E-state index is 0.578.